The summed E-state index contributed by atoms with van der Waals surface area (Å²) in [6.45, 7) is 2.89. The Balaban J connectivity index is 2.05. The Morgan fingerprint density at radius 1 is 1.25 bits per heavy atom. The molecule has 0 saturated heterocycles. The number of nitrogens with one attached hydrogen (secondary N) is 2. The molecule has 0 saturated carbocycles. The molecule has 9 heteroatoms. The first-order chi connectivity index (χ1) is 11.5. The second-order valence-corrected chi connectivity index (χ2v) is 4.70. The highest BCUT2D eigenvalue weighted by molar-refractivity contribution is 5.79. The van der Waals surface area contributed by atoms with Crippen molar-refractivity contribution in [2.75, 3.05) is 6.54 Å². The lowest BCUT2D eigenvalue weighted by Gasteiger charge is -2.13. The highest BCUT2D eigenvalue weighted by atomic mass is 19.4. The average Bonchev–Trinajstić information content (AvgIpc) is 3.03. The largest absolute Gasteiger partial charge is 0.573 e. The van der Waals surface area contributed by atoms with Gasteiger partial charge in [-0.15, -0.1) is 13.2 Å². The Hall–Kier alpha value is -2.71. The normalized spacial score (nSPS) is 12.1. The fraction of sp³-hybridized carbons (Fsp3) is 0.333. The maximum Gasteiger partial charge on any atom is 0.573 e. The number of rotatable bonds is 6. The second kappa shape index (κ2) is 8.23. The molecule has 0 aliphatic heterocycles. The third-order valence-corrected chi connectivity index (χ3v) is 2.88. The Bertz CT molecular complexity index is 657. The van der Waals surface area contributed by atoms with Gasteiger partial charge < -0.3 is 19.9 Å². The molecule has 0 atom stereocenters. The molecule has 24 heavy (non-hydrogen) atoms. The van der Waals surface area contributed by atoms with E-state index in [9.17, 15) is 13.2 Å². The van der Waals surface area contributed by atoms with Gasteiger partial charge in [0.25, 0.3) is 0 Å². The standard InChI is InChI=1S/C15H17F3N4O2/c1-2-19-14(21-10-12-7-8-23-22-12)20-9-11-5-3-4-6-13(11)24-15(16,17)18/h3-8H,2,9-10H2,1H3,(H2,19,20,21). The number of halogens is 3. The fourth-order valence-electron chi connectivity index (χ4n) is 1.87. The van der Waals surface area contributed by atoms with Gasteiger partial charge in [-0.1, -0.05) is 23.4 Å². The lowest BCUT2D eigenvalue weighted by molar-refractivity contribution is -0.274. The number of hydrogen-bond donors (Lipinski definition) is 2. The highest BCUT2D eigenvalue weighted by Gasteiger charge is 2.31. The van der Waals surface area contributed by atoms with E-state index in [1.165, 1.54) is 24.5 Å². The quantitative estimate of drug-likeness (QED) is 0.624. The number of benzene rings is 1. The zero-order chi connectivity index (χ0) is 17.4. The maximum absolute atomic E-state index is 12.4. The molecule has 1 heterocycles. The van der Waals surface area contributed by atoms with E-state index in [-0.39, 0.29) is 12.3 Å². The number of alkyl halides is 3. The Labute approximate surface area is 136 Å². The van der Waals surface area contributed by atoms with Gasteiger partial charge in [-0.3, -0.25) is 0 Å². The van der Waals surface area contributed by atoms with Crippen molar-refractivity contribution in [1.82, 2.24) is 15.8 Å². The van der Waals surface area contributed by atoms with Crippen molar-refractivity contribution in [2.45, 2.75) is 26.4 Å². The lowest BCUT2D eigenvalue weighted by atomic mass is 10.2. The van der Waals surface area contributed by atoms with Crippen LogP contribution in [0, 0.1) is 0 Å². The summed E-state index contributed by atoms with van der Waals surface area (Å²) >= 11 is 0. The van der Waals surface area contributed by atoms with Gasteiger partial charge in [0, 0.05) is 18.2 Å². The molecular weight excluding hydrogens is 325 g/mol. The number of para-hydroxylation sites is 1. The van der Waals surface area contributed by atoms with E-state index < -0.39 is 6.36 Å². The molecule has 0 bridgehead atoms. The molecule has 0 amide bonds. The zero-order valence-corrected chi connectivity index (χ0v) is 12.9. The van der Waals surface area contributed by atoms with Gasteiger partial charge in [-0.05, 0) is 13.0 Å². The molecule has 0 spiro atoms. The van der Waals surface area contributed by atoms with Crippen molar-refractivity contribution >= 4 is 5.96 Å². The first-order valence-corrected chi connectivity index (χ1v) is 7.23. The van der Waals surface area contributed by atoms with Crippen LogP contribution < -0.4 is 15.4 Å². The van der Waals surface area contributed by atoms with Crippen molar-refractivity contribution in [1.29, 1.82) is 0 Å². The van der Waals surface area contributed by atoms with Gasteiger partial charge in [-0.25, -0.2) is 4.99 Å². The van der Waals surface area contributed by atoms with Gasteiger partial charge in [-0.2, -0.15) is 0 Å². The first kappa shape index (κ1) is 17.6. The van der Waals surface area contributed by atoms with Crippen LogP contribution >= 0.6 is 0 Å². The maximum atomic E-state index is 12.4. The van der Waals surface area contributed by atoms with Crippen LogP contribution in [0.1, 0.15) is 18.2 Å². The SMILES string of the molecule is CCNC(=NCc1ccccc1OC(F)(F)F)NCc1ccon1. The summed E-state index contributed by atoms with van der Waals surface area (Å²) < 4.78 is 46.0. The molecule has 0 radical (unpaired) electrons. The van der Waals surface area contributed by atoms with E-state index >= 15 is 0 Å². The highest BCUT2D eigenvalue weighted by Crippen LogP contribution is 2.26. The Morgan fingerprint density at radius 2 is 2.04 bits per heavy atom. The third-order valence-electron chi connectivity index (χ3n) is 2.88. The molecule has 1 aromatic heterocycles. The predicted molar refractivity (Wildman–Crippen MR) is 81.3 cm³/mol. The van der Waals surface area contributed by atoms with E-state index in [1.54, 1.807) is 12.1 Å². The summed E-state index contributed by atoms with van der Waals surface area (Å²) in [6.07, 6.45) is -3.29. The topological polar surface area (TPSA) is 71.7 Å². The minimum atomic E-state index is -4.74. The van der Waals surface area contributed by atoms with E-state index in [0.29, 0.717) is 30.3 Å². The monoisotopic (exact) mass is 342 g/mol. The molecule has 1 aromatic carbocycles. The van der Waals surface area contributed by atoms with Gasteiger partial charge in [0.2, 0.25) is 0 Å². The van der Waals surface area contributed by atoms with Gasteiger partial charge in [0.05, 0.1) is 13.1 Å². The molecule has 0 fully saturated rings. The van der Waals surface area contributed by atoms with Crippen molar-refractivity contribution in [3.05, 3.63) is 47.9 Å². The third kappa shape index (κ3) is 5.82. The summed E-state index contributed by atoms with van der Waals surface area (Å²) in [4.78, 5) is 4.26. The van der Waals surface area contributed by atoms with Crippen LogP contribution in [0.15, 0.2) is 46.1 Å². The van der Waals surface area contributed by atoms with Crippen LogP contribution in [0.3, 0.4) is 0 Å². The summed E-state index contributed by atoms with van der Waals surface area (Å²) in [7, 11) is 0. The van der Waals surface area contributed by atoms with Gasteiger partial charge >= 0.3 is 6.36 Å². The minimum Gasteiger partial charge on any atom is -0.405 e. The minimum absolute atomic E-state index is 0.0282. The molecule has 0 aliphatic rings. The number of ether oxygens (including phenoxy) is 1. The number of hydrogen-bond acceptors (Lipinski definition) is 4. The summed E-state index contributed by atoms with van der Waals surface area (Å²) in [5, 5.41) is 9.77. The molecule has 6 nitrogen and oxygen atoms in total. The van der Waals surface area contributed by atoms with E-state index in [1.807, 2.05) is 6.92 Å². The van der Waals surface area contributed by atoms with Crippen LogP contribution in [0.5, 0.6) is 5.75 Å². The van der Waals surface area contributed by atoms with E-state index in [2.05, 4.69) is 25.5 Å². The van der Waals surface area contributed by atoms with Crippen molar-refractivity contribution < 1.29 is 22.4 Å². The van der Waals surface area contributed by atoms with Crippen molar-refractivity contribution in [2.24, 2.45) is 4.99 Å². The van der Waals surface area contributed by atoms with Crippen LogP contribution in [-0.2, 0) is 13.1 Å². The first-order valence-electron chi connectivity index (χ1n) is 7.23. The predicted octanol–water partition coefficient (Wildman–Crippen LogP) is 2.83. The molecule has 2 rings (SSSR count). The van der Waals surface area contributed by atoms with Crippen LogP contribution in [0.25, 0.3) is 0 Å². The lowest BCUT2D eigenvalue weighted by Crippen LogP contribution is -2.36. The van der Waals surface area contributed by atoms with Crippen molar-refractivity contribution in [3.63, 3.8) is 0 Å². The Kier molecular flexibility index (Phi) is 6.05. The average molecular weight is 342 g/mol. The van der Waals surface area contributed by atoms with E-state index in [4.69, 9.17) is 4.52 Å². The van der Waals surface area contributed by atoms with Gasteiger partial charge in [0.1, 0.15) is 17.7 Å². The van der Waals surface area contributed by atoms with Crippen molar-refractivity contribution in [3.8, 4) is 5.75 Å². The Morgan fingerprint density at radius 3 is 2.71 bits per heavy atom. The molecule has 0 aliphatic carbocycles. The fourth-order valence-corrected chi connectivity index (χ4v) is 1.87. The van der Waals surface area contributed by atoms with Crippen LogP contribution in [-0.4, -0.2) is 24.0 Å². The number of guanidine groups is 1. The molecular formula is C15H17F3N4O2. The summed E-state index contributed by atoms with van der Waals surface area (Å²) in [5.74, 6) is 0.184. The van der Waals surface area contributed by atoms with Crippen LogP contribution in [0.2, 0.25) is 0 Å². The number of aliphatic imine (C=N–C) groups is 1. The zero-order valence-electron chi connectivity index (χ0n) is 12.9. The molecule has 2 aromatic rings. The smallest absolute Gasteiger partial charge is 0.405 e. The molecule has 0 unspecified atom stereocenters. The van der Waals surface area contributed by atoms with Crippen LogP contribution in [0.4, 0.5) is 13.2 Å². The summed E-state index contributed by atoms with van der Waals surface area (Å²) in [6, 6.07) is 7.59. The molecule has 2 N–H and O–H groups in total. The van der Waals surface area contributed by atoms with E-state index in [0.717, 1.165) is 0 Å². The van der Waals surface area contributed by atoms with Gasteiger partial charge in [0.15, 0.2) is 5.96 Å². The number of nitrogens with zero attached hydrogens (tertiary/aromatic N) is 2. The summed E-state index contributed by atoms with van der Waals surface area (Å²) in [5.41, 5.74) is 1.01. The second-order valence-electron chi connectivity index (χ2n) is 4.70. The molecule has 130 valence electrons. The number of aromatic nitrogens is 1.